The molecule has 110 valence electrons. The van der Waals surface area contributed by atoms with Crippen LogP contribution in [0.1, 0.15) is 51.9 Å². The zero-order valence-electron chi connectivity index (χ0n) is 11.6. The SMILES string of the molecule is CCCCCN(OCCCCO)OCCCCO. The summed E-state index contributed by atoms with van der Waals surface area (Å²) in [6, 6.07) is 0. The van der Waals surface area contributed by atoms with Crippen LogP contribution in [0.25, 0.3) is 0 Å². The Balaban J connectivity index is 3.62. The summed E-state index contributed by atoms with van der Waals surface area (Å²) < 4.78 is 0. The van der Waals surface area contributed by atoms with Gasteiger partial charge in [-0.15, -0.1) is 0 Å². The minimum Gasteiger partial charge on any atom is -0.396 e. The van der Waals surface area contributed by atoms with E-state index in [1.54, 1.807) is 5.23 Å². The van der Waals surface area contributed by atoms with Crippen molar-refractivity contribution in [2.75, 3.05) is 33.0 Å². The van der Waals surface area contributed by atoms with Crippen LogP contribution < -0.4 is 0 Å². The standard InChI is InChI=1S/C13H29NO4/c1-2-3-4-9-14(17-12-7-5-10-15)18-13-8-6-11-16/h15-16H,2-13H2,1H3. The van der Waals surface area contributed by atoms with E-state index in [0.717, 1.165) is 45.1 Å². The molecule has 0 atom stereocenters. The van der Waals surface area contributed by atoms with Crippen molar-refractivity contribution in [3.63, 3.8) is 0 Å². The van der Waals surface area contributed by atoms with Gasteiger partial charge in [0.25, 0.3) is 0 Å². The van der Waals surface area contributed by atoms with Crippen LogP contribution in [0.2, 0.25) is 0 Å². The maximum Gasteiger partial charge on any atom is 0.0712 e. The van der Waals surface area contributed by atoms with Crippen LogP contribution in [0.5, 0.6) is 0 Å². The van der Waals surface area contributed by atoms with Crippen LogP contribution in [0.15, 0.2) is 0 Å². The molecule has 0 spiro atoms. The van der Waals surface area contributed by atoms with Gasteiger partial charge in [-0.1, -0.05) is 25.0 Å². The first-order chi connectivity index (χ1) is 8.85. The van der Waals surface area contributed by atoms with Crippen molar-refractivity contribution in [2.24, 2.45) is 0 Å². The first-order valence-electron chi connectivity index (χ1n) is 7.10. The van der Waals surface area contributed by atoms with Gasteiger partial charge >= 0.3 is 0 Å². The molecule has 0 aliphatic heterocycles. The summed E-state index contributed by atoms with van der Waals surface area (Å²) in [5.41, 5.74) is 0. The first-order valence-corrected chi connectivity index (χ1v) is 7.10. The van der Waals surface area contributed by atoms with Gasteiger partial charge in [0.05, 0.1) is 19.8 Å². The van der Waals surface area contributed by atoms with E-state index in [1.807, 2.05) is 0 Å². The van der Waals surface area contributed by atoms with E-state index in [-0.39, 0.29) is 13.2 Å². The van der Waals surface area contributed by atoms with Gasteiger partial charge in [-0.2, -0.15) is 0 Å². The maximum atomic E-state index is 8.68. The molecule has 5 nitrogen and oxygen atoms in total. The molecule has 0 radical (unpaired) electrons. The topological polar surface area (TPSA) is 62.2 Å². The lowest BCUT2D eigenvalue weighted by Crippen LogP contribution is -2.27. The van der Waals surface area contributed by atoms with Gasteiger partial charge in [-0.05, 0) is 32.1 Å². The molecule has 0 bridgehead atoms. The number of hydrogen-bond donors (Lipinski definition) is 2. The van der Waals surface area contributed by atoms with E-state index in [1.165, 1.54) is 6.42 Å². The van der Waals surface area contributed by atoms with E-state index < -0.39 is 0 Å². The number of hydroxylamine groups is 2. The molecule has 0 aliphatic carbocycles. The van der Waals surface area contributed by atoms with Crippen molar-refractivity contribution < 1.29 is 19.9 Å². The van der Waals surface area contributed by atoms with Crippen molar-refractivity contribution in [1.29, 1.82) is 0 Å². The summed E-state index contributed by atoms with van der Waals surface area (Å²) in [5.74, 6) is 0. The second-order valence-electron chi connectivity index (χ2n) is 4.29. The van der Waals surface area contributed by atoms with Gasteiger partial charge in [0, 0.05) is 13.2 Å². The zero-order valence-corrected chi connectivity index (χ0v) is 11.6. The summed E-state index contributed by atoms with van der Waals surface area (Å²) in [7, 11) is 0. The van der Waals surface area contributed by atoms with Gasteiger partial charge in [0.15, 0.2) is 0 Å². The molecule has 5 heteroatoms. The highest BCUT2D eigenvalue weighted by Gasteiger charge is 2.05. The second-order valence-corrected chi connectivity index (χ2v) is 4.29. The maximum absolute atomic E-state index is 8.68. The van der Waals surface area contributed by atoms with Gasteiger partial charge in [-0.25, -0.2) is 0 Å². The average Bonchev–Trinajstić information content (AvgIpc) is 2.39. The Bertz CT molecular complexity index is 146. The van der Waals surface area contributed by atoms with E-state index in [9.17, 15) is 0 Å². The number of aliphatic hydroxyl groups is 2. The molecule has 0 aromatic heterocycles. The largest absolute Gasteiger partial charge is 0.396 e. The van der Waals surface area contributed by atoms with Crippen molar-refractivity contribution in [1.82, 2.24) is 5.23 Å². The van der Waals surface area contributed by atoms with Crippen molar-refractivity contribution in [3.05, 3.63) is 0 Å². The molecule has 2 N–H and O–H groups in total. The Hall–Kier alpha value is -0.200. The van der Waals surface area contributed by atoms with Crippen LogP contribution >= 0.6 is 0 Å². The number of rotatable bonds is 14. The van der Waals surface area contributed by atoms with Gasteiger partial charge in [-0.3, -0.25) is 9.68 Å². The van der Waals surface area contributed by atoms with Crippen LogP contribution in [-0.2, 0) is 9.68 Å². The smallest absolute Gasteiger partial charge is 0.0712 e. The fourth-order valence-electron chi connectivity index (χ4n) is 1.42. The van der Waals surface area contributed by atoms with Gasteiger partial charge in [0.2, 0.25) is 0 Å². The monoisotopic (exact) mass is 263 g/mol. The van der Waals surface area contributed by atoms with E-state index >= 15 is 0 Å². The Kier molecular flexibility index (Phi) is 14.7. The molecule has 0 saturated heterocycles. The molecule has 0 aliphatic rings. The number of hydrogen-bond acceptors (Lipinski definition) is 5. The molecule has 18 heavy (non-hydrogen) atoms. The van der Waals surface area contributed by atoms with Crippen molar-refractivity contribution in [2.45, 2.75) is 51.9 Å². The molecule has 0 heterocycles. The number of unbranched alkanes of at least 4 members (excludes halogenated alkanes) is 4. The first kappa shape index (κ1) is 17.8. The van der Waals surface area contributed by atoms with Gasteiger partial charge in [0.1, 0.15) is 0 Å². The Morgan fingerprint density at radius 1 is 0.778 bits per heavy atom. The Labute approximate surface area is 111 Å². The number of nitrogens with zero attached hydrogens (tertiary/aromatic N) is 1. The van der Waals surface area contributed by atoms with Crippen LogP contribution in [0, 0.1) is 0 Å². The van der Waals surface area contributed by atoms with Crippen LogP contribution in [0.3, 0.4) is 0 Å². The molecule has 0 saturated carbocycles. The Morgan fingerprint density at radius 2 is 1.33 bits per heavy atom. The van der Waals surface area contributed by atoms with Crippen molar-refractivity contribution >= 4 is 0 Å². The predicted octanol–water partition coefficient (Wildman–Crippen LogP) is 1.89. The fraction of sp³-hybridized carbons (Fsp3) is 1.00. The summed E-state index contributed by atoms with van der Waals surface area (Å²) >= 11 is 0. The summed E-state index contributed by atoms with van der Waals surface area (Å²) in [5, 5.41) is 18.9. The summed E-state index contributed by atoms with van der Waals surface area (Å²) in [6.45, 7) is 4.49. The molecular weight excluding hydrogens is 234 g/mol. The van der Waals surface area contributed by atoms with Crippen LogP contribution in [-0.4, -0.2) is 48.4 Å². The summed E-state index contributed by atoms with van der Waals surface area (Å²) in [6.07, 6.45) is 6.57. The zero-order chi connectivity index (χ0) is 13.5. The third-order valence-electron chi connectivity index (χ3n) is 2.52. The van der Waals surface area contributed by atoms with Gasteiger partial charge < -0.3 is 10.2 Å². The molecular formula is C13H29NO4. The summed E-state index contributed by atoms with van der Waals surface area (Å²) in [4.78, 5) is 11.0. The lowest BCUT2D eigenvalue weighted by Gasteiger charge is -2.20. The minimum absolute atomic E-state index is 0.205. The predicted molar refractivity (Wildman–Crippen MR) is 70.8 cm³/mol. The highest BCUT2D eigenvalue weighted by Crippen LogP contribution is 2.03. The quantitative estimate of drug-likeness (QED) is 0.370. The van der Waals surface area contributed by atoms with E-state index in [0.29, 0.717) is 13.2 Å². The highest BCUT2D eigenvalue weighted by atomic mass is 16.9. The third-order valence-corrected chi connectivity index (χ3v) is 2.52. The molecule has 0 unspecified atom stereocenters. The number of aliphatic hydroxyl groups excluding tert-OH is 2. The fourth-order valence-corrected chi connectivity index (χ4v) is 1.42. The van der Waals surface area contributed by atoms with Crippen molar-refractivity contribution in [3.8, 4) is 0 Å². The lowest BCUT2D eigenvalue weighted by atomic mass is 10.2. The second kappa shape index (κ2) is 14.9. The van der Waals surface area contributed by atoms with E-state index in [4.69, 9.17) is 19.9 Å². The lowest BCUT2D eigenvalue weighted by molar-refractivity contribution is -0.369. The van der Waals surface area contributed by atoms with E-state index in [2.05, 4.69) is 6.92 Å². The average molecular weight is 263 g/mol. The molecule has 0 fully saturated rings. The molecule has 0 rings (SSSR count). The molecule has 0 aromatic carbocycles. The normalized spacial score (nSPS) is 11.3. The highest BCUT2D eigenvalue weighted by molar-refractivity contribution is 4.41. The van der Waals surface area contributed by atoms with Crippen LogP contribution in [0.4, 0.5) is 0 Å². The Morgan fingerprint density at radius 3 is 1.78 bits per heavy atom. The minimum atomic E-state index is 0.205. The molecule has 0 aromatic rings. The molecule has 0 amide bonds. The third kappa shape index (κ3) is 12.3.